The van der Waals surface area contributed by atoms with Crippen molar-refractivity contribution in [2.24, 2.45) is 0 Å². The van der Waals surface area contributed by atoms with E-state index in [2.05, 4.69) is 4.98 Å². The number of ether oxygens (including phenoxy) is 1. The van der Waals surface area contributed by atoms with Crippen LogP contribution in [-0.2, 0) is 4.79 Å². The maximum Gasteiger partial charge on any atom is 0.308 e. The molecule has 0 fully saturated rings. The van der Waals surface area contributed by atoms with Crippen molar-refractivity contribution in [2.45, 2.75) is 6.92 Å². The van der Waals surface area contributed by atoms with E-state index in [-0.39, 0.29) is 5.97 Å². The Labute approximate surface area is 104 Å². The van der Waals surface area contributed by atoms with Crippen LogP contribution in [0.3, 0.4) is 0 Å². The molecule has 3 heteroatoms. The molecular weight excluding hydrogens is 226 g/mol. The molecule has 1 heterocycles. The molecule has 0 aliphatic rings. The number of nitrogens with zero attached hydrogens (tertiary/aromatic N) is 1. The van der Waals surface area contributed by atoms with Gasteiger partial charge in [0.1, 0.15) is 5.75 Å². The van der Waals surface area contributed by atoms with Crippen LogP contribution in [0.4, 0.5) is 0 Å². The molecule has 1 aromatic heterocycles. The van der Waals surface area contributed by atoms with Crippen LogP contribution in [0.15, 0.2) is 48.7 Å². The van der Waals surface area contributed by atoms with Gasteiger partial charge in [0.25, 0.3) is 0 Å². The molecule has 88 valence electrons. The van der Waals surface area contributed by atoms with Crippen molar-refractivity contribution >= 4 is 27.6 Å². The summed E-state index contributed by atoms with van der Waals surface area (Å²) in [5, 5.41) is 2.95. The molecule has 0 saturated carbocycles. The zero-order valence-corrected chi connectivity index (χ0v) is 9.88. The van der Waals surface area contributed by atoms with Gasteiger partial charge in [-0.1, -0.05) is 30.3 Å². The van der Waals surface area contributed by atoms with E-state index in [4.69, 9.17) is 4.74 Å². The second kappa shape index (κ2) is 4.11. The second-order valence-electron chi connectivity index (χ2n) is 4.09. The van der Waals surface area contributed by atoms with Crippen LogP contribution in [-0.4, -0.2) is 11.0 Å². The summed E-state index contributed by atoms with van der Waals surface area (Å²) in [5.41, 5.74) is 0.826. The van der Waals surface area contributed by atoms with E-state index in [1.54, 1.807) is 6.07 Å². The highest BCUT2D eigenvalue weighted by Gasteiger charge is 2.08. The van der Waals surface area contributed by atoms with Crippen LogP contribution in [0.5, 0.6) is 5.75 Å². The molecule has 0 N–H and O–H groups in total. The van der Waals surface area contributed by atoms with Gasteiger partial charge in [-0.15, -0.1) is 0 Å². The van der Waals surface area contributed by atoms with Gasteiger partial charge in [-0.2, -0.15) is 0 Å². The lowest BCUT2D eigenvalue weighted by atomic mass is 10.1. The Hall–Kier alpha value is -2.42. The van der Waals surface area contributed by atoms with Gasteiger partial charge in [0, 0.05) is 18.5 Å². The summed E-state index contributed by atoms with van der Waals surface area (Å²) in [7, 11) is 0. The zero-order valence-electron chi connectivity index (χ0n) is 9.88. The summed E-state index contributed by atoms with van der Waals surface area (Å²) in [6, 6.07) is 13.5. The molecule has 0 aliphatic carbocycles. The van der Waals surface area contributed by atoms with Gasteiger partial charge in [0.15, 0.2) is 0 Å². The standard InChI is InChI=1S/C15H11NO2/c1-10(17)18-14-8-4-7-13-15(14)12-6-3-2-5-11(12)9-16-13/h2-9H,1H3. The van der Waals surface area contributed by atoms with Gasteiger partial charge in [0.05, 0.1) is 10.9 Å². The van der Waals surface area contributed by atoms with Gasteiger partial charge in [-0.05, 0) is 17.5 Å². The molecule has 0 saturated heterocycles. The SMILES string of the molecule is CC(=O)Oc1cccc2ncc3ccccc3c12. The fraction of sp³-hybridized carbons (Fsp3) is 0.0667. The van der Waals surface area contributed by atoms with Crippen molar-refractivity contribution in [3.8, 4) is 5.75 Å². The van der Waals surface area contributed by atoms with Crippen LogP contribution in [0.2, 0.25) is 0 Å². The Kier molecular flexibility index (Phi) is 2.45. The van der Waals surface area contributed by atoms with Gasteiger partial charge >= 0.3 is 5.97 Å². The lowest BCUT2D eigenvalue weighted by Crippen LogP contribution is -2.02. The summed E-state index contributed by atoms with van der Waals surface area (Å²) < 4.78 is 5.26. The van der Waals surface area contributed by atoms with Crippen LogP contribution in [0.1, 0.15) is 6.92 Å². The quantitative estimate of drug-likeness (QED) is 0.370. The molecule has 0 aliphatic heterocycles. The van der Waals surface area contributed by atoms with Gasteiger partial charge in [0.2, 0.25) is 0 Å². The molecule has 2 aromatic carbocycles. The van der Waals surface area contributed by atoms with E-state index < -0.39 is 0 Å². The first-order valence-corrected chi connectivity index (χ1v) is 5.70. The fourth-order valence-electron chi connectivity index (χ4n) is 2.11. The molecule has 3 rings (SSSR count). The van der Waals surface area contributed by atoms with E-state index in [0.717, 1.165) is 21.7 Å². The van der Waals surface area contributed by atoms with E-state index in [1.165, 1.54) is 6.92 Å². The molecule has 0 unspecified atom stereocenters. The predicted molar refractivity (Wildman–Crippen MR) is 70.6 cm³/mol. The first-order chi connectivity index (χ1) is 8.75. The summed E-state index contributed by atoms with van der Waals surface area (Å²) >= 11 is 0. The number of pyridine rings is 1. The minimum Gasteiger partial charge on any atom is -0.426 e. The number of esters is 1. The van der Waals surface area contributed by atoms with Crippen LogP contribution in [0.25, 0.3) is 21.7 Å². The molecule has 0 bridgehead atoms. The molecule has 3 nitrogen and oxygen atoms in total. The van der Waals surface area contributed by atoms with Crippen molar-refractivity contribution in [1.82, 2.24) is 4.98 Å². The fourth-order valence-corrected chi connectivity index (χ4v) is 2.11. The Bertz CT molecular complexity index is 750. The molecule has 0 radical (unpaired) electrons. The van der Waals surface area contributed by atoms with Gasteiger partial charge < -0.3 is 4.74 Å². The summed E-state index contributed by atoms with van der Waals surface area (Å²) in [6.45, 7) is 1.40. The van der Waals surface area contributed by atoms with E-state index in [9.17, 15) is 4.79 Å². The van der Waals surface area contributed by atoms with E-state index >= 15 is 0 Å². The third kappa shape index (κ3) is 1.70. The van der Waals surface area contributed by atoms with Crippen molar-refractivity contribution in [3.63, 3.8) is 0 Å². The highest BCUT2D eigenvalue weighted by molar-refractivity contribution is 6.09. The maximum absolute atomic E-state index is 11.2. The van der Waals surface area contributed by atoms with Crippen molar-refractivity contribution < 1.29 is 9.53 Å². The van der Waals surface area contributed by atoms with Crippen LogP contribution >= 0.6 is 0 Å². The van der Waals surface area contributed by atoms with Crippen LogP contribution < -0.4 is 4.74 Å². The smallest absolute Gasteiger partial charge is 0.308 e. The summed E-state index contributed by atoms with van der Waals surface area (Å²) in [5.74, 6) is 0.236. The Morgan fingerprint density at radius 3 is 2.78 bits per heavy atom. The Balaban J connectivity index is 2.42. The highest BCUT2D eigenvalue weighted by Crippen LogP contribution is 2.31. The average Bonchev–Trinajstić information content (AvgIpc) is 2.38. The minimum absolute atomic E-state index is 0.324. The normalized spacial score (nSPS) is 10.7. The summed E-state index contributed by atoms with van der Waals surface area (Å²) in [4.78, 5) is 15.5. The Morgan fingerprint density at radius 1 is 1.11 bits per heavy atom. The predicted octanol–water partition coefficient (Wildman–Crippen LogP) is 3.31. The molecule has 0 amide bonds. The average molecular weight is 237 g/mol. The third-order valence-electron chi connectivity index (χ3n) is 2.83. The molecule has 0 atom stereocenters. The highest BCUT2D eigenvalue weighted by atomic mass is 16.5. The number of rotatable bonds is 1. The number of carbonyl (C=O) groups is 1. The third-order valence-corrected chi connectivity index (χ3v) is 2.83. The first-order valence-electron chi connectivity index (χ1n) is 5.70. The minimum atomic E-state index is -0.324. The Morgan fingerprint density at radius 2 is 1.94 bits per heavy atom. The second-order valence-corrected chi connectivity index (χ2v) is 4.09. The molecule has 18 heavy (non-hydrogen) atoms. The molecule has 3 aromatic rings. The van der Waals surface area contributed by atoms with E-state index in [0.29, 0.717) is 5.75 Å². The van der Waals surface area contributed by atoms with Crippen LogP contribution in [0, 0.1) is 0 Å². The molecule has 0 spiro atoms. The largest absolute Gasteiger partial charge is 0.426 e. The zero-order chi connectivity index (χ0) is 12.5. The number of aromatic nitrogens is 1. The number of hydrogen-bond donors (Lipinski definition) is 0. The first kappa shape index (κ1) is 10.7. The number of hydrogen-bond acceptors (Lipinski definition) is 3. The van der Waals surface area contributed by atoms with Crippen molar-refractivity contribution in [1.29, 1.82) is 0 Å². The summed E-state index contributed by atoms with van der Waals surface area (Å²) in [6.07, 6.45) is 1.83. The number of benzene rings is 2. The van der Waals surface area contributed by atoms with Crippen molar-refractivity contribution in [3.05, 3.63) is 48.7 Å². The number of fused-ring (bicyclic) bond motifs is 3. The molecular formula is C15H11NO2. The monoisotopic (exact) mass is 237 g/mol. The number of carbonyl (C=O) groups excluding carboxylic acids is 1. The lowest BCUT2D eigenvalue weighted by Gasteiger charge is -2.08. The lowest BCUT2D eigenvalue weighted by molar-refractivity contribution is -0.131. The van der Waals surface area contributed by atoms with Gasteiger partial charge in [-0.25, -0.2) is 0 Å². The van der Waals surface area contributed by atoms with Crippen molar-refractivity contribution in [2.75, 3.05) is 0 Å². The maximum atomic E-state index is 11.2. The topological polar surface area (TPSA) is 39.2 Å². The van der Waals surface area contributed by atoms with E-state index in [1.807, 2.05) is 42.6 Å². The van der Waals surface area contributed by atoms with Gasteiger partial charge in [-0.3, -0.25) is 9.78 Å².